The Labute approximate surface area is 102 Å². The third-order valence-corrected chi connectivity index (χ3v) is 4.11. The normalized spacial score (nSPS) is 29.5. The van der Waals surface area contributed by atoms with E-state index in [1.165, 1.54) is 18.8 Å². The summed E-state index contributed by atoms with van der Waals surface area (Å²) >= 11 is 0. The number of likely N-dealkylation sites (tertiary alicyclic amines) is 1. The SMILES string of the molecule is CCN1CCC(c2nnc3n2CCC(N)C3)C1. The van der Waals surface area contributed by atoms with Crippen molar-refractivity contribution in [1.29, 1.82) is 0 Å². The van der Waals surface area contributed by atoms with Crippen molar-refractivity contribution < 1.29 is 0 Å². The molecule has 0 spiro atoms. The fourth-order valence-electron chi connectivity index (χ4n) is 3.01. The van der Waals surface area contributed by atoms with Crippen molar-refractivity contribution in [1.82, 2.24) is 19.7 Å². The maximum Gasteiger partial charge on any atom is 0.137 e. The number of likely N-dealkylation sites (N-methyl/N-ethyl adjacent to an activating group) is 1. The van der Waals surface area contributed by atoms with Gasteiger partial charge in [0.05, 0.1) is 0 Å². The largest absolute Gasteiger partial charge is 0.327 e. The van der Waals surface area contributed by atoms with Gasteiger partial charge in [-0.1, -0.05) is 6.92 Å². The van der Waals surface area contributed by atoms with E-state index < -0.39 is 0 Å². The Hall–Kier alpha value is -0.940. The third-order valence-electron chi connectivity index (χ3n) is 4.11. The summed E-state index contributed by atoms with van der Waals surface area (Å²) in [5.41, 5.74) is 5.97. The molecule has 2 aliphatic rings. The Morgan fingerprint density at radius 1 is 1.29 bits per heavy atom. The highest BCUT2D eigenvalue weighted by atomic mass is 15.3. The van der Waals surface area contributed by atoms with Crippen LogP contribution < -0.4 is 5.73 Å². The molecule has 0 radical (unpaired) electrons. The quantitative estimate of drug-likeness (QED) is 0.804. The lowest BCUT2D eigenvalue weighted by atomic mass is 10.0. The minimum absolute atomic E-state index is 0.273. The van der Waals surface area contributed by atoms with E-state index in [0.717, 1.165) is 38.3 Å². The second-order valence-electron chi connectivity index (χ2n) is 5.26. The number of fused-ring (bicyclic) bond motifs is 1. The number of hydrogen-bond donors (Lipinski definition) is 1. The number of hydrogen-bond acceptors (Lipinski definition) is 4. The first-order valence-corrected chi connectivity index (χ1v) is 6.68. The van der Waals surface area contributed by atoms with Crippen molar-refractivity contribution in [3.8, 4) is 0 Å². The van der Waals surface area contributed by atoms with Crippen molar-refractivity contribution in [2.45, 2.75) is 44.7 Å². The van der Waals surface area contributed by atoms with Gasteiger partial charge < -0.3 is 15.2 Å². The summed E-state index contributed by atoms with van der Waals surface area (Å²) in [5.74, 6) is 2.86. The highest BCUT2D eigenvalue weighted by Gasteiger charge is 2.29. The maximum absolute atomic E-state index is 5.97. The van der Waals surface area contributed by atoms with Crippen LogP contribution >= 0.6 is 0 Å². The summed E-state index contributed by atoms with van der Waals surface area (Å²) in [4.78, 5) is 2.49. The first-order chi connectivity index (χ1) is 8.28. The zero-order valence-corrected chi connectivity index (χ0v) is 10.5. The fourth-order valence-corrected chi connectivity index (χ4v) is 3.01. The molecule has 3 heterocycles. The second kappa shape index (κ2) is 4.38. The zero-order chi connectivity index (χ0) is 11.8. The topological polar surface area (TPSA) is 60.0 Å². The van der Waals surface area contributed by atoms with E-state index >= 15 is 0 Å². The average molecular weight is 235 g/mol. The molecule has 1 aromatic heterocycles. The maximum atomic E-state index is 5.97. The molecule has 0 aliphatic carbocycles. The van der Waals surface area contributed by atoms with E-state index in [2.05, 4.69) is 26.6 Å². The summed E-state index contributed by atoms with van der Waals surface area (Å²) < 4.78 is 2.31. The van der Waals surface area contributed by atoms with Crippen molar-refractivity contribution in [2.75, 3.05) is 19.6 Å². The molecule has 2 N–H and O–H groups in total. The van der Waals surface area contributed by atoms with Gasteiger partial charge in [-0.3, -0.25) is 0 Å². The molecule has 5 heteroatoms. The van der Waals surface area contributed by atoms with Gasteiger partial charge in [0.25, 0.3) is 0 Å². The molecule has 5 nitrogen and oxygen atoms in total. The molecular weight excluding hydrogens is 214 g/mol. The molecule has 0 amide bonds. The minimum atomic E-state index is 0.273. The molecule has 2 unspecified atom stereocenters. The average Bonchev–Trinajstić information content (AvgIpc) is 2.93. The Bertz CT molecular complexity index is 400. The summed E-state index contributed by atoms with van der Waals surface area (Å²) in [7, 11) is 0. The summed E-state index contributed by atoms with van der Waals surface area (Å²) in [5, 5.41) is 8.73. The fraction of sp³-hybridized carbons (Fsp3) is 0.833. The van der Waals surface area contributed by atoms with E-state index in [0.29, 0.717) is 5.92 Å². The van der Waals surface area contributed by atoms with E-state index in [9.17, 15) is 0 Å². The first kappa shape index (κ1) is 11.2. The summed E-state index contributed by atoms with van der Waals surface area (Å²) in [6.07, 6.45) is 3.16. The van der Waals surface area contributed by atoms with Gasteiger partial charge in [-0.2, -0.15) is 0 Å². The van der Waals surface area contributed by atoms with Gasteiger partial charge in [-0.25, -0.2) is 0 Å². The van der Waals surface area contributed by atoms with E-state index in [1.54, 1.807) is 0 Å². The van der Waals surface area contributed by atoms with Gasteiger partial charge in [-0.05, 0) is 25.9 Å². The monoisotopic (exact) mass is 235 g/mol. The van der Waals surface area contributed by atoms with Crippen LogP contribution in [0.1, 0.15) is 37.3 Å². The van der Waals surface area contributed by atoms with Crippen LogP contribution in [0.3, 0.4) is 0 Å². The lowest BCUT2D eigenvalue weighted by Gasteiger charge is -2.21. The molecule has 0 aromatic carbocycles. The van der Waals surface area contributed by atoms with Gasteiger partial charge >= 0.3 is 0 Å². The van der Waals surface area contributed by atoms with E-state index in [4.69, 9.17) is 5.73 Å². The van der Waals surface area contributed by atoms with E-state index in [1.807, 2.05) is 0 Å². The molecule has 1 saturated heterocycles. The second-order valence-corrected chi connectivity index (χ2v) is 5.26. The third kappa shape index (κ3) is 1.98. The van der Waals surface area contributed by atoms with Crippen LogP contribution in [0.5, 0.6) is 0 Å². The standard InChI is InChI=1S/C12H21N5/c1-2-16-5-3-9(8-16)12-15-14-11-7-10(13)4-6-17(11)12/h9-10H,2-8,13H2,1H3. The highest BCUT2D eigenvalue weighted by Crippen LogP contribution is 2.27. The highest BCUT2D eigenvalue weighted by molar-refractivity contribution is 5.08. The predicted octanol–water partition coefficient (Wildman–Crippen LogP) is 0.361. The van der Waals surface area contributed by atoms with Crippen LogP contribution in [0.4, 0.5) is 0 Å². The van der Waals surface area contributed by atoms with Crippen LogP contribution in [-0.2, 0) is 13.0 Å². The van der Waals surface area contributed by atoms with Gasteiger partial charge in [0.2, 0.25) is 0 Å². The molecule has 0 bridgehead atoms. The molecule has 94 valence electrons. The summed E-state index contributed by atoms with van der Waals surface area (Å²) in [6, 6.07) is 0.273. The number of nitrogens with two attached hydrogens (primary N) is 1. The molecule has 2 atom stereocenters. The molecule has 3 rings (SSSR count). The molecular formula is C12H21N5. The Morgan fingerprint density at radius 3 is 2.94 bits per heavy atom. The van der Waals surface area contributed by atoms with Gasteiger partial charge in [-0.15, -0.1) is 10.2 Å². The minimum Gasteiger partial charge on any atom is -0.327 e. The first-order valence-electron chi connectivity index (χ1n) is 6.68. The Balaban J connectivity index is 1.80. The van der Waals surface area contributed by atoms with Crippen LogP contribution in [-0.4, -0.2) is 45.3 Å². The molecule has 17 heavy (non-hydrogen) atoms. The Kier molecular flexibility index (Phi) is 2.88. The van der Waals surface area contributed by atoms with Crippen molar-refractivity contribution in [3.63, 3.8) is 0 Å². The van der Waals surface area contributed by atoms with E-state index in [-0.39, 0.29) is 6.04 Å². The number of aromatic nitrogens is 3. The molecule has 1 fully saturated rings. The number of rotatable bonds is 2. The summed E-state index contributed by atoms with van der Waals surface area (Å²) in [6.45, 7) is 6.70. The smallest absolute Gasteiger partial charge is 0.137 e. The van der Waals surface area contributed by atoms with Crippen molar-refractivity contribution in [3.05, 3.63) is 11.6 Å². The van der Waals surface area contributed by atoms with Gasteiger partial charge in [0, 0.05) is 31.5 Å². The van der Waals surface area contributed by atoms with Gasteiger partial charge in [0.1, 0.15) is 11.6 Å². The van der Waals surface area contributed by atoms with Gasteiger partial charge in [0.15, 0.2) is 0 Å². The lowest BCUT2D eigenvalue weighted by Crippen LogP contribution is -2.32. The van der Waals surface area contributed by atoms with Crippen molar-refractivity contribution >= 4 is 0 Å². The molecule has 0 saturated carbocycles. The Morgan fingerprint density at radius 2 is 2.18 bits per heavy atom. The lowest BCUT2D eigenvalue weighted by molar-refractivity contribution is 0.350. The van der Waals surface area contributed by atoms with Crippen LogP contribution in [0, 0.1) is 0 Å². The van der Waals surface area contributed by atoms with Crippen LogP contribution in [0.2, 0.25) is 0 Å². The predicted molar refractivity (Wildman–Crippen MR) is 65.8 cm³/mol. The van der Waals surface area contributed by atoms with Crippen LogP contribution in [0.25, 0.3) is 0 Å². The van der Waals surface area contributed by atoms with Crippen LogP contribution in [0.15, 0.2) is 0 Å². The molecule has 1 aromatic rings. The molecule has 2 aliphatic heterocycles. The zero-order valence-electron chi connectivity index (χ0n) is 10.5. The number of nitrogens with zero attached hydrogens (tertiary/aromatic N) is 4. The van der Waals surface area contributed by atoms with Crippen molar-refractivity contribution in [2.24, 2.45) is 5.73 Å².